The lowest BCUT2D eigenvalue weighted by Gasteiger charge is -2.03. The Labute approximate surface area is 147 Å². The van der Waals surface area contributed by atoms with Gasteiger partial charge in [-0.2, -0.15) is 5.10 Å². The van der Waals surface area contributed by atoms with E-state index in [0.29, 0.717) is 22.2 Å². The van der Waals surface area contributed by atoms with Crippen molar-refractivity contribution in [2.24, 2.45) is 0 Å². The number of aromatic amines is 1. The first-order valence-corrected chi connectivity index (χ1v) is 7.79. The second-order valence-corrected chi connectivity index (χ2v) is 5.69. The predicted octanol–water partition coefficient (Wildman–Crippen LogP) is 3.42. The third kappa shape index (κ3) is 2.42. The summed E-state index contributed by atoms with van der Waals surface area (Å²) in [6.45, 7) is 0. The maximum absolute atomic E-state index is 11.7. The van der Waals surface area contributed by atoms with Crippen LogP contribution in [-0.4, -0.2) is 36.9 Å². The number of carboxylic acids is 2. The first-order valence-electron chi connectivity index (χ1n) is 7.79. The predicted molar refractivity (Wildman–Crippen MR) is 94.8 cm³/mol. The fourth-order valence-electron chi connectivity index (χ4n) is 2.99. The molecule has 128 valence electrons. The molecule has 0 aliphatic rings. The molecule has 0 saturated carbocycles. The molecule has 0 aliphatic carbocycles. The highest BCUT2D eigenvalue weighted by Crippen LogP contribution is 2.32. The van der Waals surface area contributed by atoms with Gasteiger partial charge in [-0.15, -0.1) is 0 Å². The second kappa shape index (κ2) is 5.89. The Bertz CT molecular complexity index is 1140. The number of para-hydroxylation sites is 2. The molecular weight excluding hydrogens is 334 g/mol. The monoisotopic (exact) mass is 347 g/mol. The van der Waals surface area contributed by atoms with Gasteiger partial charge in [0.15, 0.2) is 5.69 Å². The van der Waals surface area contributed by atoms with Crippen LogP contribution in [0.1, 0.15) is 21.0 Å². The maximum Gasteiger partial charge on any atom is 0.354 e. The molecule has 2 aromatic carbocycles. The van der Waals surface area contributed by atoms with E-state index in [1.165, 1.54) is 10.7 Å². The summed E-state index contributed by atoms with van der Waals surface area (Å²) in [5, 5.41) is 24.1. The highest BCUT2D eigenvalue weighted by molar-refractivity contribution is 6.07. The van der Waals surface area contributed by atoms with Crippen molar-refractivity contribution >= 4 is 22.8 Å². The molecule has 4 aromatic rings. The van der Waals surface area contributed by atoms with Crippen LogP contribution in [0, 0.1) is 0 Å². The van der Waals surface area contributed by atoms with Crippen molar-refractivity contribution in [3.05, 3.63) is 72.1 Å². The van der Waals surface area contributed by atoms with Crippen LogP contribution in [0.2, 0.25) is 0 Å². The molecule has 0 aliphatic heterocycles. The van der Waals surface area contributed by atoms with Crippen molar-refractivity contribution < 1.29 is 19.8 Å². The molecule has 0 unspecified atom stereocenters. The molecular formula is C19H13N3O4. The summed E-state index contributed by atoms with van der Waals surface area (Å²) in [5.41, 5.74) is 1.79. The highest BCUT2D eigenvalue weighted by Gasteiger charge is 2.24. The summed E-state index contributed by atoms with van der Waals surface area (Å²) in [6.07, 6.45) is 0. The summed E-state index contributed by atoms with van der Waals surface area (Å²) >= 11 is 0. The van der Waals surface area contributed by atoms with Crippen molar-refractivity contribution in [3.63, 3.8) is 0 Å². The van der Waals surface area contributed by atoms with Gasteiger partial charge in [0.2, 0.25) is 0 Å². The third-order valence-corrected chi connectivity index (χ3v) is 4.11. The van der Waals surface area contributed by atoms with Crippen LogP contribution >= 0.6 is 0 Å². The molecule has 0 fully saturated rings. The molecule has 0 spiro atoms. The zero-order valence-corrected chi connectivity index (χ0v) is 13.4. The van der Waals surface area contributed by atoms with E-state index in [4.69, 9.17) is 0 Å². The number of nitrogens with zero attached hydrogens (tertiary/aromatic N) is 2. The topological polar surface area (TPSA) is 108 Å². The van der Waals surface area contributed by atoms with E-state index < -0.39 is 11.9 Å². The molecule has 26 heavy (non-hydrogen) atoms. The fourth-order valence-corrected chi connectivity index (χ4v) is 2.99. The SMILES string of the molecule is O=C(O)c1[nH]c2ccccc2c1-c1cc(C(=O)O)n(-c2ccccc2)n1. The summed E-state index contributed by atoms with van der Waals surface area (Å²) in [4.78, 5) is 26.2. The van der Waals surface area contributed by atoms with Gasteiger partial charge in [0.25, 0.3) is 0 Å². The fraction of sp³-hybridized carbons (Fsp3) is 0. The smallest absolute Gasteiger partial charge is 0.354 e. The number of carbonyl (C=O) groups is 2. The lowest BCUT2D eigenvalue weighted by Crippen LogP contribution is -2.07. The highest BCUT2D eigenvalue weighted by atomic mass is 16.4. The number of aromatic nitrogens is 3. The van der Waals surface area contributed by atoms with Crippen LogP contribution in [-0.2, 0) is 0 Å². The van der Waals surface area contributed by atoms with Crippen LogP contribution in [0.15, 0.2) is 60.7 Å². The number of H-pyrrole nitrogens is 1. The minimum atomic E-state index is -1.15. The lowest BCUT2D eigenvalue weighted by atomic mass is 10.1. The first kappa shape index (κ1) is 15.6. The number of carboxylic acid groups (broad SMARTS) is 2. The van der Waals surface area contributed by atoms with Crippen LogP contribution in [0.3, 0.4) is 0 Å². The van der Waals surface area contributed by atoms with Gasteiger partial charge < -0.3 is 15.2 Å². The van der Waals surface area contributed by atoms with Crippen molar-refractivity contribution in [1.82, 2.24) is 14.8 Å². The standard InChI is InChI=1S/C19H13N3O4/c23-18(24)15-10-14(21-22(15)11-6-2-1-3-7-11)16-12-8-4-5-9-13(12)20-17(16)19(25)26/h1-10,20H,(H,23,24)(H,25,26). The summed E-state index contributed by atoms with van der Waals surface area (Å²) in [7, 11) is 0. The molecule has 0 radical (unpaired) electrons. The third-order valence-electron chi connectivity index (χ3n) is 4.11. The Balaban J connectivity index is 2.01. The number of aromatic carboxylic acids is 2. The Morgan fingerprint density at radius 3 is 2.31 bits per heavy atom. The van der Waals surface area contributed by atoms with E-state index in [9.17, 15) is 19.8 Å². The zero-order valence-electron chi connectivity index (χ0n) is 13.4. The van der Waals surface area contributed by atoms with Gasteiger partial charge >= 0.3 is 11.9 Å². The van der Waals surface area contributed by atoms with Crippen LogP contribution in [0.25, 0.3) is 27.8 Å². The van der Waals surface area contributed by atoms with Crippen LogP contribution in [0.5, 0.6) is 0 Å². The van der Waals surface area contributed by atoms with E-state index in [2.05, 4.69) is 10.1 Å². The van der Waals surface area contributed by atoms with E-state index in [0.717, 1.165) is 0 Å². The van der Waals surface area contributed by atoms with Gasteiger partial charge in [0.05, 0.1) is 11.4 Å². The lowest BCUT2D eigenvalue weighted by molar-refractivity contribution is 0.0678. The minimum Gasteiger partial charge on any atom is -0.477 e. The Hall–Kier alpha value is -3.87. The first-order chi connectivity index (χ1) is 12.6. The largest absolute Gasteiger partial charge is 0.477 e. The number of nitrogens with one attached hydrogen (secondary N) is 1. The molecule has 0 amide bonds. The maximum atomic E-state index is 11.7. The number of benzene rings is 2. The zero-order chi connectivity index (χ0) is 18.3. The summed E-state index contributed by atoms with van der Waals surface area (Å²) in [5.74, 6) is -2.29. The van der Waals surface area contributed by atoms with Crippen LogP contribution in [0.4, 0.5) is 0 Å². The number of rotatable bonds is 4. The van der Waals surface area contributed by atoms with Gasteiger partial charge in [-0.1, -0.05) is 36.4 Å². The molecule has 4 rings (SSSR count). The van der Waals surface area contributed by atoms with Crippen molar-refractivity contribution in [3.8, 4) is 16.9 Å². The van der Waals surface area contributed by atoms with Gasteiger partial charge in [0, 0.05) is 16.5 Å². The number of hydrogen-bond acceptors (Lipinski definition) is 3. The molecule has 0 saturated heterocycles. The Morgan fingerprint density at radius 2 is 1.62 bits per heavy atom. The molecule has 0 atom stereocenters. The molecule has 0 bridgehead atoms. The Morgan fingerprint density at radius 1 is 0.923 bits per heavy atom. The second-order valence-electron chi connectivity index (χ2n) is 5.69. The molecule has 2 aromatic heterocycles. The molecule has 3 N–H and O–H groups in total. The quantitative estimate of drug-likeness (QED) is 0.524. The molecule has 7 nitrogen and oxygen atoms in total. The summed E-state index contributed by atoms with van der Waals surface area (Å²) in [6, 6.07) is 17.3. The van der Waals surface area contributed by atoms with E-state index >= 15 is 0 Å². The molecule has 2 heterocycles. The van der Waals surface area contributed by atoms with Crippen LogP contribution < -0.4 is 0 Å². The van der Waals surface area contributed by atoms with Crippen molar-refractivity contribution in [2.45, 2.75) is 0 Å². The normalized spacial score (nSPS) is 10.9. The summed E-state index contributed by atoms with van der Waals surface area (Å²) < 4.78 is 1.30. The van der Waals surface area contributed by atoms with Crippen molar-refractivity contribution in [1.29, 1.82) is 0 Å². The van der Waals surface area contributed by atoms with E-state index in [1.807, 2.05) is 6.07 Å². The average Bonchev–Trinajstić information content (AvgIpc) is 3.24. The Kier molecular flexibility index (Phi) is 3.54. The van der Waals surface area contributed by atoms with Gasteiger partial charge in [0.1, 0.15) is 5.69 Å². The number of fused-ring (bicyclic) bond motifs is 1. The van der Waals surface area contributed by atoms with Gasteiger partial charge in [-0.05, 0) is 24.3 Å². The molecule has 7 heteroatoms. The number of hydrogen-bond donors (Lipinski definition) is 3. The van der Waals surface area contributed by atoms with Crippen molar-refractivity contribution in [2.75, 3.05) is 0 Å². The van der Waals surface area contributed by atoms with Gasteiger partial charge in [-0.25, -0.2) is 14.3 Å². The van der Waals surface area contributed by atoms with E-state index in [1.54, 1.807) is 48.5 Å². The average molecular weight is 347 g/mol. The minimum absolute atomic E-state index is 0.0270. The van der Waals surface area contributed by atoms with E-state index in [-0.39, 0.29) is 17.1 Å². The van der Waals surface area contributed by atoms with Gasteiger partial charge in [-0.3, -0.25) is 0 Å².